The van der Waals surface area contributed by atoms with Gasteiger partial charge in [0.25, 0.3) is 0 Å². The molecule has 0 aliphatic heterocycles. The second-order valence-corrected chi connectivity index (χ2v) is 19.1. The molecule has 1 amide bonds. The number of ether oxygens (including phenoxy) is 4. The molecule has 19 nitrogen and oxygen atoms in total. The molecule has 0 spiro atoms. The molecule has 2 aromatic heterocycles. The molecule has 1 atom stereocenters. The number of hydrogen-bond donors (Lipinski definition) is 4. The van der Waals surface area contributed by atoms with Crippen molar-refractivity contribution in [1.29, 1.82) is 0 Å². The van der Waals surface area contributed by atoms with Gasteiger partial charge in [0.05, 0.1) is 43.7 Å². The maximum Gasteiger partial charge on any atom is 0.404 e. The number of hydrogen-bond acceptors (Lipinski definition) is 16. The SMILES string of the molecule is COc1ccc(CN(Cc2ccc(OC)cc2)S(=O)(=O)c2c(S(=O)(=O)NCC(O)COC(N)=O)ccc(-c3cccc4sc(CN)nc34)c2-c2nnn(Cc3ccc(OC)cc3)n2)cc1. The van der Waals surface area contributed by atoms with Crippen LogP contribution in [0.15, 0.2) is 113 Å². The van der Waals surface area contributed by atoms with E-state index in [1.54, 1.807) is 92.0 Å². The van der Waals surface area contributed by atoms with Crippen LogP contribution in [0.1, 0.15) is 21.7 Å². The predicted molar refractivity (Wildman–Crippen MR) is 241 cm³/mol. The van der Waals surface area contributed by atoms with Crippen LogP contribution in [-0.2, 0) is 51.0 Å². The van der Waals surface area contributed by atoms with Gasteiger partial charge in [-0.25, -0.2) is 31.3 Å². The second-order valence-electron chi connectivity index (χ2n) is 14.4. The van der Waals surface area contributed by atoms with Crippen LogP contribution < -0.4 is 30.4 Å². The van der Waals surface area contributed by atoms with Crippen molar-refractivity contribution in [1.82, 2.24) is 34.2 Å². The number of nitrogens with one attached hydrogen (secondary N) is 1. The molecule has 0 aliphatic carbocycles. The Kier molecular flexibility index (Phi) is 14.4. The fraction of sp³-hybridized carbons (Fsp3) is 0.233. The number of para-hydroxylation sites is 1. The Bertz CT molecular complexity index is 2950. The second kappa shape index (κ2) is 20.1. The summed E-state index contributed by atoms with van der Waals surface area (Å²) < 4.78 is 86.0. The normalized spacial score (nSPS) is 12.3. The topological polar surface area (TPSA) is 266 Å². The minimum Gasteiger partial charge on any atom is -0.497 e. The van der Waals surface area contributed by atoms with E-state index < -0.39 is 55.2 Å². The van der Waals surface area contributed by atoms with Gasteiger partial charge in [0.15, 0.2) is 0 Å². The molecule has 0 saturated heterocycles. The molecule has 22 heteroatoms. The Morgan fingerprint density at radius 3 is 1.95 bits per heavy atom. The number of nitrogens with two attached hydrogens (primary N) is 2. The van der Waals surface area contributed by atoms with Crippen molar-refractivity contribution in [3.63, 3.8) is 0 Å². The number of tetrazole rings is 1. The zero-order valence-electron chi connectivity index (χ0n) is 35.3. The van der Waals surface area contributed by atoms with Gasteiger partial charge in [-0.3, -0.25) is 0 Å². The van der Waals surface area contributed by atoms with E-state index in [-0.39, 0.29) is 43.1 Å². The minimum absolute atomic E-state index is 0.0990. The third-order valence-corrected chi connectivity index (χ3v) is 14.6. The highest BCUT2D eigenvalue weighted by molar-refractivity contribution is 7.92. The van der Waals surface area contributed by atoms with E-state index in [1.165, 1.54) is 36.4 Å². The molecular formula is C43H45N9O10S3. The zero-order chi connectivity index (χ0) is 46.3. The molecule has 340 valence electrons. The van der Waals surface area contributed by atoms with Crippen molar-refractivity contribution < 1.29 is 45.7 Å². The standard InChI is InChI=1S/C43H45N9O10S3/c1-59-31-13-7-27(8-14-31)23-51(24-28-9-15-32(60-2)16-10-28)65(57,58)41-37(64(55,56)46-22-30(53)26-62-43(45)54)20-19-34(35-5-4-6-36-40(35)47-38(21-44)63-36)39(41)42-48-50-52(49-42)25-29-11-17-33(61-3)18-12-29/h4-20,30,46,53H,21-26,44H2,1-3H3,(H2,45,54). The number of aliphatic hydroxyl groups excluding tert-OH is 1. The number of carbonyl (C=O) groups excluding carboxylic acids is 1. The van der Waals surface area contributed by atoms with Gasteiger partial charge in [-0.2, -0.15) is 9.10 Å². The number of methoxy groups -OCH3 is 3. The number of aromatic nitrogens is 5. The molecular weight excluding hydrogens is 899 g/mol. The maximum atomic E-state index is 16.0. The van der Waals surface area contributed by atoms with Crippen LogP contribution in [0.2, 0.25) is 0 Å². The molecule has 0 fully saturated rings. The van der Waals surface area contributed by atoms with Crippen LogP contribution >= 0.6 is 11.3 Å². The first-order chi connectivity index (χ1) is 31.2. The molecule has 2 heterocycles. The average Bonchev–Trinajstić information content (AvgIpc) is 3.97. The number of carbonyl (C=O) groups is 1. The van der Waals surface area contributed by atoms with Gasteiger partial charge in [0.1, 0.15) is 44.8 Å². The number of sulfonamides is 2. The Morgan fingerprint density at radius 1 is 0.815 bits per heavy atom. The first-order valence-electron chi connectivity index (χ1n) is 19.8. The van der Waals surface area contributed by atoms with E-state index in [0.717, 1.165) is 20.6 Å². The number of amides is 1. The summed E-state index contributed by atoms with van der Waals surface area (Å²) in [5.74, 6) is 1.48. The smallest absolute Gasteiger partial charge is 0.404 e. The van der Waals surface area contributed by atoms with Crippen LogP contribution in [0.4, 0.5) is 4.79 Å². The highest BCUT2D eigenvalue weighted by Crippen LogP contribution is 2.43. The van der Waals surface area contributed by atoms with E-state index >= 15 is 8.42 Å². The summed E-state index contributed by atoms with van der Waals surface area (Å²) in [5, 5.41) is 24.5. The van der Waals surface area contributed by atoms with Crippen LogP contribution in [0.5, 0.6) is 17.2 Å². The number of fused-ring (bicyclic) bond motifs is 1. The van der Waals surface area contributed by atoms with Crippen molar-refractivity contribution in [2.45, 2.75) is 42.1 Å². The molecule has 0 aliphatic rings. The summed E-state index contributed by atoms with van der Waals surface area (Å²) in [6.07, 6.45) is -2.74. The van der Waals surface area contributed by atoms with Gasteiger partial charge in [0.2, 0.25) is 25.9 Å². The predicted octanol–water partition coefficient (Wildman–Crippen LogP) is 4.28. The first-order valence-corrected chi connectivity index (χ1v) is 23.5. The van der Waals surface area contributed by atoms with E-state index in [9.17, 15) is 18.3 Å². The number of nitrogens with zero attached hydrogens (tertiary/aromatic N) is 6. The highest BCUT2D eigenvalue weighted by atomic mass is 32.2. The van der Waals surface area contributed by atoms with E-state index in [2.05, 4.69) is 24.9 Å². The summed E-state index contributed by atoms with van der Waals surface area (Å²) in [5.41, 5.74) is 13.9. The number of aliphatic hydroxyl groups is 1. The molecule has 6 N–H and O–H groups in total. The maximum absolute atomic E-state index is 16.0. The Morgan fingerprint density at radius 2 is 1.40 bits per heavy atom. The van der Waals surface area contributed by atoms with E-state index in [1.807, 2.05) is 6.07 Å². The van der Waals surface area contributed by atoms with Crippen molar-refractivity contribution in [2.24, 2.45) is 11.5 Å². The van der Waals surface area contributed by atoms with Gasteiger partial charge < -0.3 is 35.5 Å². The molecule has 65 heavy (non-hydrogen) atoms. The molecule has 0 bridgehead atoms. The zero-order valence-corrected chi connectivity index (χ0v) is 37.8. The molecule has 7 aromatic rings. The summed E-state index contributed by atoms with van der Waals surface area (Å²) in [7, 11) is -5.29. The Balaban J connectivity index is 1.49. The molecule has 0 saturated carbocycles. The number of rotatable bonds is 20. The fourth-order valence-corrected chi connectivity index (χ4v) is 11.2. The summed E-state index contributed by atoms with van der Waals surface area (Å²) in [4.78, 5) is 15.9. The van der Waals surface area contributed by atoms with Crippen LogP contribution in [0.3, 0.4) is 0 Å². The highest BCUT2D eigenvalue weighted by Gasteiger charge is 2.38. The van der Waals surface area contributed by atoms with E-state index in [4.69, 9.17) is 30.7 Å². The van der Waals surface area contributed by atoms with Crippen molar-refractivity contribution in [3.8, 4) is 39.8 Å². The fourth-order valence-electron chi connectivity index (χ4n) is 6.83. The lowest BCUT2D eigenvalue weighted by atomic mass is 9.98. The number of benzene rings is 5. The third kappa shape index (κ3) is 10.7. The molecule has 1 unspecified atom stereocenters. The molecule has 7 rings (SSSR count). The summed E-state index contributed by atoms with van der Waals surface area (Å²) in [6, 6.07) is 28.6. The largest absolute Gasteiger partial charge is 0.497 e. The van der Waals surface area contributed by atoms with Crippen molar-refractivity contribution >= 4 is 47.7 Å². The third-order valence-electron chi connectivity index (χ3n) is 10.1. The van der Waals surface area contributed by atoms with Crippen LogP contribution in [0.25, 0.3) is 32.7 Å². The quantitative estimate of drug-likeness (QED) is 0.0831. The minimum atomic E-state index is -4.99. The summed E-state index contributed by atoms with van der Waals surface area (Å²) in [6.45, 7) is -1.58. The lowest BCUT2D eigenvalue weighted by molar-refractivity contribution is 0.0758. The van der Waals surface area contributed by atoms with Gasteiger partial charge in [0, 0.05) is 31.7 Å². The lowest BCUT2D eigenvalue weighted by Crippen LogP contribution is -2.37. The lowest BCUT2D eigenvalue weighted by Gasteiger charge is -2.26. The Hall–Kier alpha value is -6.53. The molecule has 0 radical (unpaired) electrons. The Labute approximate surface area is 378 Å². The van der Waals surface area contributed by atoms with E-state index in [0.29, 0.717) is 44.5 Å². The average molecular weight is 944 g/mol. The summed E-state index contributed by atoms with van der Waals surface area (Å²) >= 11 is 1.35. The number of thiazole rings is 1. The molecule has 5 aromatic carbocycles. The monoisotopic (exact) mass is 943 g/mol. The van der Waals surface area contributed by atoms with Crippen molar-refractivity contribution in [3.05, 3.63) is 125 Å². The van der Waals surface area contributed by atoms with Gasteiger partial charge >= 0.3 is 6.09 Å². The number of primary amides is 1. The van der Waals surface area contributed by atoms with Gasteiger partial charge in [-0.1, -0.05) is 54.6 Å². The first kappa shape index (κ1) is 46.5. The van der Waals surface area contributed by atoms with Crippen molar-refractivity contribution in [2.75, 3.05) is 34.5 Å². The van der Waals surface area contributed by atoms with Crippen LogP contribution in [0, 0.1) is 0 Å². The van der Waals surface area contributed by atoms with Gasteiger partial charge in [-0.05, 0) is 76.0 Å². The van der Waals surface area contributed by atoms with Crippen LogP contribution in [-0.4, -0.2) is 98.1 Å². The van der Waals surface area contributed by atoms with Gasteiger partial charge in [-0.15, -0.1) is 21.5 Å².